The van der Waals surface area contributed by atoms with E-state index in [0.717, 1.165) is 17.8 Å². The quantitative estimate of drug-likeness (QED) is 0.345. The van der Waals surface area contributed by atoms with Gasteiger partial charge in [-0.15, -0.1) is 0 Å². The van der Waals surface area contributed by atoms with Gasteiger partial charge in [0.05, 0.1) is 12.4 Å². The number of hydrogen-bond acceptors (Lipinski definition) is 4. The van der Waals surface area contributed by atoms with Crippen molar-refractivity contribution in [2.45, 2.75) is 16.0 Å². The number of ketones is 1. The van der Waals surface area contributed by atoms with E-state index in [2.05, 4.69) is 0 Å². The summed E-state index contributed by atoms with van der Waals surface area (Å²) >= 11 is 17.1. The van der Waals surface area contributed by atoms with Crippen LogP contribution in [0.2, 0.25) is 0 Å². The fraction of sp³-hybridized carbons (Fsp3) is 0.500. The summed E-state index contributed by atoms with van der Waals surface area (Å²) < 4.78 is 2.92. The summed E-state index contributed by atoms with van der Waals surface area (Å²) in [6, 6.07) is 0. The Morgan fingerprint density at radius 3 is 2.47 bits per heavy atom. The zero-order valence-electron chi connectivity index (χ0n) is 7.96. The molecule has 0 radical (unpaired) electrons. The average Bonchev–Trinajstić information content (AvgIpc) is 2.12. The molecule has 15 heavy (non-hydrogen) atoms. The van der Waals surface area contributed by atoms with Crippen LogP contribution < -0.4 is 0 Å². The number of alkyl halides is 3. The average molecular weight is 289 g/mol. The van der Waals surface area contributed by atoms with Crippen LogP contribution in [0.3, 0.4) is 0 Å². The van der Waals surface area contributed by atoms with E-state index in [4.69, 9.17) is 44.8 Å². The van der Waals surface area contributed by atoms with Crippen molar-refractivity contribution in [2.24, 2.45) is 0 Å². The third-order valence-electron chi connectivity index (χ3n) is 1.42. The first-order valence-corrected chi connectivity index (χ1v) is 5.75. The zero-order chi connectivity index (χ0) is 12.1. The number of hydrogen-bond donors (Lipinski definition) is 0. The van der Waals surface area contributed by atoms with Gasteiger partial charge in [0.15, 0.2) is 0 Å². The highest BCUT2D eigenvalue weighted by Gasteiger charge is 2.29. The molecule has 0 aromatic carbocycles. The van der Waals surface area contributed by atoms with Crippen molar-refractivity contribution in [3.63, 3.8) is 0 Å². The number of thioether (sulfide) groups is 1. The van der Waals surface area contributed by atoms with Gasteiger partial charge in [0.25, 0.3) is 3.79 Å². The Morgan fingerprint density at radius 1 is 1.60 bits per heavy atom. The minimum atomic E-state index is -2.00. The number of carbonyl (C=O) groups is 1. The lowest BCUT2D eigenvalue weighted by Gasteiger charge is -2.12. The Balaban J connectivity index is 4.76. The Bertz CT molecular complexity index is 306. The van der Waals surface area contributed by atoms with Crippen molar-refractivity contribution in [3.8, 4) is 5.40 Å². The number of nitrogens with zero attached hydrogens (tertiary/aromatic N) is 1. The van der Waals surface area contributed by atoms with E-state index in [1.165, 1.54) is 7.11 Å². The molecule has 0 aliphatic heterocycles. The van der Waals surface area contributed by atoms with E-state index in [-0.39, 0.29) is 11.0 Å². The maximum absolute atomic E-state index is 11.3. The second-order valence-electron chi connectivity index (χ2n) is 2.46. The molecule has 0 heterocycles. The van der Waals surface area contributed by atoms with Crippen LogP contribution in [0.15, 0.2) is 11.8 Å². The molecule has 0 saturated carbocycles. The lowest BCUT2D eigenvalue weighted by atomic mass is 10.3. The van der Waals surface area contributed by atoms with Crippen molar-refractivity contribution in [3.05, 3.63) is 11.8 Å². The van der Waals surface area contributed by atoms with E-state index in [0.29, 0.717) is 0 Å². The molecular weight excluding hydrogens is 281 g/mol. The molecule has 1 atom stereocenters. The molecule has 0 saturated heterocycles. The lowest BCUT2D eigenvalue weighted by Crippen LogP contribution is -2.18. The number of nitriles is 1. The van der Waals surface area contributed by atoms with Gasteiger partial charge in [0, 0.05) is 6.08 Å². The third-order valence-corrected chi connectivity index (χ3v) is 2.67. The predicted octanol–water partition coefficient (Wildman–Crippen LogP) is 3.06. The maximum atomic E-state index is 11.3. The number of carbonyl (C=O) groups excluding carboxylic acids is 1. The van der Waals surface area contributed by atoms with Gasteiger partial charge in [-0.3, -0.25) is 4.79 Å². The van der Waals surface area contributed by atoms with Gasteiger partial charge in [-0.05, 0) is 18.7 Å². The monoisotopic (exact) mass is 287 g/mol. The van der Waals surface area contributed by atoms with Crippen LogP contribution in [0.25, 0.3) is 0 Å². The Morgan fingerprint density at radius 2 is 2.13 bits per heavy atom. The summed E-state index contributed by atoms with van der Waals surface area (Å²) in [7, 11) is 1.38. The second-order valence-corrected chi connectivity index (χ2v) is 5.87. The highest BCUT2D eigenvalue weighted by atomic mass is 35.6. The zero-order valence-corrected chi connectivity index (χ0v) is 11.0. The van der Waals surface area contributed by atoms with Gasteiger partial charge in [-0.1, -0.05) is 34.8 Å². The number of thiocyanates is 1. The van der Waals surface area contributed by atoms with Crippen LogP contribution in [0, 0.1) is 10.7 Å². The fourth-order valence-corrected chi connectivity index (χ4v) is 1.29. The van der Waals surface area contributed by atoms with Gasteiger partial charge >= 0.3 is 0 Å². The van der Waals surface area contributed by atoms with Gasteiger partial charge in [0.1, 0.15) is 11.2 Å². The Labute approximate surface area is 107 Å². The van der Waals surface area contributed by atoms with Crippen molar-refractivity contribution in [1.29, 1.82) is 5.26 Å². The van der Waals surface area contributed by atoms with Crippen LogP contribution in [-0.4, -0.2) is 21.9 Å². The number of ether oxygens (including phenoxy) is 1. The molecule has 7 heteroatoms. The minimum Gasteiger partial charge on any atom is -0.500 e. The van der Waals surface area contributed by atoms with Crippen molar-refractivity contribution >= 4 is 52.3 Å². The molecule has 0 bridgehead atoms. The topological polar surface area (TPSA) is 50.1 Å². The Kier molecular flexibility index (Phi) is 6.46. The second kappa shape index (κ2) is 6.49. The van der Waals surface area contributed by atoms with E-state index < -0.39 is 9.58 Å². The SMILES string of the molecule is CO/C(=C/C(=O)C(Cl)(Cl)Cl)C(C)SC#N. The molecular formula is C8H8Cl3NO2S. The molecule has 3 nitrogen and oxygen atoms in total. The number of halogens is 3. The van der Waals surface area contributed by atoms with Gasteiger partial charge in [0.2, 0.25) is 5.78 Å². The molecule has 0 spiro atoms. The summed E-state index contributed by atoms with van der Waals surface area (Å²) in [6.07, 6.45) is 1.09. The molecule has 0 aromatic heterocycles. The first-order chi connectivity index (χ1) is 6.82. The summed E-state index contributed by atoms with van der Waals surface area (Å²) in [5, 5.41) is 10.0. The highest BCUT2D eigenvalue weighted by Crippen LogP contribution is 2.29. The number of methoxy groups -OCH3 is 1. The maximum Gasteiger partial charge on any atom is 0.252 e. The van der Waals surface area contributed by atoms with Crippen LogP contribution >= 0.6 is 46.6 Å². The van der Waals surface area contributed by atoms with E-state index in [9.17, 15) is 4.79 Å². The molecule has 0 amide bonds. The predicted molar refractivity (Wildman–Crippen MR) is 63.1 cm³/mol. The Hall–Kier alpha value is -0.0800. The smallest absolute Gasteiger partial charge is 0.252 e. The normalized spacial score (nSPS) is 14.3. The molecule has 0 N–H and O–H groups in total. The standard InChI is InChI=1S/C8H8Cl3NO2S/c1-5(15-4-12)6(14-2)3-7(13)8(9,10)11/h3,5H,1-2H3/b6-3+. The van der Waals surface area contributed by atoms with Crippen LogP contribution in [-0.2, 0) is 9.53 Å². The summed E-state index contributed by atoms with van der Waals surface area (Å²) in [6.45, 7) is 1.70. The van der Waals surface area contributed by atoms with Crippen LogP contribution in [0.5, 0.6) is 0 Å². The van der Waals surface area contributed by atoms with Crippen LogP contribution in [0.1, 0.15) is 6.92 Å². The third kappa shape index (κ3) is 5.53. The largest absolute Gasteiger partial charge is 0.500 e. The van der Waals surface area contributed by atoms with Gasteiger partial charge in [-0.2, -0.15) is 5.26 Å². The van der Waals surface area contributed by atoms with E-state index >= 15 is 0 Å². The minimum absolute atomic E-state index is 0.290. The summed E-state index contributed by atoms with van der Waals surface area (Å²) in [4.78, 5) is 11.3. The number of rotatable bonds is 4. The van der Waals surface area contributed by atoms with E-state index in [1.54, 1.807) is 6.92 Å². The molecule has 0 rings (SSSR count). The fourth-order valence-electron chi connectivity index (χ4n) is 0.690. The molecule has 1 unspecified atom stereocenters. The van der Waals surface area contributed by atoms with Gasteiger partial charge < -0.3 is 4.74 Å². The summed E-state index contributed by atoms with van der Waals surface area (Å²) in [5.41, 5.74) is 0. The molecule has 0 aromatic rings. The molecule has 0 fully saturated rings. The van der Waals surface area contributed by atoms with Crippen molar-refractivity contribution < 1.29 is 9.53 Å². The van der Waals surface area contributed by atoms with Crippen molar-refractivity contribution in [2.75, 3.05) is 7.11 Å². The number of allylic oxidation sites excluding steroid dienone is 1. The van der Waals surface area contributed by atoms with E-state index in [1.807, 2.05) is 5.40 Å². The molecule has 84 valence electrons. The van der Waals surface area contributed by atoms with Gasteiger partial charge in [-0.25, -0.2) is 0 Å². The molecule has 0 aliphatic rings. The first-order valence-electron chi connectivity index (χ1n) is 3.74. The lowest BCUT2D eigenvalue weighted by molar-refractivity contribution is -0.114. The first kappa shape index (κ1) is 14.9. The van der Waals surface area contributed by atoms with Crippen molar-refractivity contribution in [1.82, 2.24) is 0 Å². The highest BCUT2D eigenvalue weighted by molar-refractivity contribution is 8.04. The molecule has 0 aliphatic carbocycles. The summed E-state index contributed by atoms with van der Waals surface area (Å²) in [5.74, 6) is -0.410. The van der Waals surface area contributed by atoms with Crippen LogP contribution in [0.4, 0.5) is 0 Å².